The summed E-state index contributed by atoms with van der Waals surface area (Å²) in [5, 5.41) is 11.5. The third-order valence-corrected chi connectivity index (χ3v) is 5.86. The number of piperazine rings is 1. The van der Waals surface area contributed by atoms with Gasteiger partial charge < -0.3 is 29.4 Å². The number of carboxylic acids is 1. The summed E-state index contributed by atoms with van der Waals surface area (Å²) < 4.78 is 25.3. The van der Waals surface area contributed by atoms with Crippen LogP contribution in [0.4, 0.5) is 20.6 Å². The number of aromatic carboxylic acids is 1. The molecule has 2 saturated heterocycles. The molecule has 2 fully saturated rings. The Labute approximate surface area is 205 Å². The van der Waals surface area contributed by atoms with E-state index in [1.54, 1.807) is 17.0 Å². The number of halogens is 1. The third-order valence-electron chi connectivity index (χ3n) is 5.86. The Morgan fingerprint density at radius 1 is 1.17 bits per heavy atom. The lowest BCUT2D eigenvalue weighted by atomic mass is 10.2. The summed E-state index contributed by atoms with van der Waals surface area (Å²) in [6, 6.07) is 7.26. The van der Waals surface area contributed by atoms with Gasteiger partial charge in [-0.05, 0) is 36.4 Å². The zero-order valence-electron chi connectivity index (χ0n) is 19.5. The average Bonchev–Trinajstić information content (AvgIpc) is 3.48. The first-order chi connectivity index (χ1) is 17.2. The van der Waals surface area contributed by atoms with Crippen molar-refractivity contribution in [2.75, 3.05) is 49.1 Å². The molecule has 4 rings (SSSR count). The van der Waals surface area contributed by atoms with Gasteiger partial charge in [-0.3, -0.25) is 14.5 Å². The van der Waals surface area contributed by atoms with Crippen molar-refractivity contribution in [3.05, 3.63) is 53.7 Å². The fourth-order valence-electron chi connectivity index (χ4n) is 4.00. The fraction of sp³-hybridized carbons (Fsp3) is 0.333. The van der Waals surface area contributed by atoms with Gasteiger partial charge in [0.05, 0.1) is 24.5 Å². The first-order valence-electron chi connectivity index (χ1n) is 11.3. The van der Waals surface area contributed by atoms with E-state index in [-0.39, 0.29) is 36.4 Å². The number of nitrogens with one attached hydrogen (secondary N) is 1. The van der Waals surface area contributed by atoms with Crippen molar-refractivity contribution in [3.8, 4) is 0 Å². The summed E-state index contributed by atoms with van der Waals surface area (Å²) in [7, 11) is 0. The van der Waals surface area contributed by atoms with Crippen LogP contribution in [0.25, 0.3) is 6.08 Å². The molecule has 0 aliphatic carbocycles. The van der Waals surface area contributed by atoms with Gasteiger partial charge in [-0.1, -0.05) is 0 Å². The molecule has 1 aromatic carbocycles. The maximum Gasteiger partial charge on any atom is 0.414 e. The van der Waals surface area contributed by atoms with E-state index in [4.69, 9.17) is 14.3 Å². The van der Waals surface area contributed by atoms with Gasteiger partial charge in [0.15, 0.2) is 0 Å². The molecular formula is C24H25FN4O7. The van der Waals surface area contributed by atoms with Gasteiger partial charge in [-0.2, -0.15) is 0 Å². The van der Waals surface area contributed by atoms with E-state index in [0.29, 0.717) is 37.6 Å². The molecule has 190 valence electrons. The number of hydrogen-bond acceptors (Lipinski definition) is 7. The highest BCUT2D eigenvalue weighted by atomic mass is 19.1. The Bertz CT molecular complexity index is 1200. The third kappa shape index (κ3) is 5.65. The zero-order chi connectivity index (χ0) is 25.8. The van der Waals surface area contributed by atoms with Gasteiger partial charge in [0.1, 0.15) is 17.7 Å². The van der Waals surface area contributed by atoms with Crippen LogP contribution in [-0.2, 0) is 14.3 Å². The van der Waals surface area contributed by atoms with Crippen LogP contribution in [0.3, 0.4) is 0 Å². The second-order valence-corrected chi connectivity index (χ2v) is 8.34. The number of carbonyl (C=O) groups excluding carboxylic acids is 3. The lowest BCUT2D eigenvalue weighted by Gasteiger charge is -2.36. The van der Waals surface area contributed by atoms with Gasteiger partial charge >= 0.3 is 12.1 Å². The van der Waals surface area contributed by atoms with Crippen molar-refractivity contribution in [3.63, 3.8) is 0 Å². The number of cyclic esters (lactones) is 1. The second-order valence-electron chi connectivity index (χ2n) is 8.34. The van der Waals surface area contributed by atoms with Gasteiger partial charge in [0.2, 0.25) is 17.6 Å². The van der Waals surface area contributed by atoms with E-state index >= 15 is 0 Å². The minimum absolute atomic E-state index is 0.182. The van der Waals surface area contributed by atoms with Crippen molar-refractivity contribution >= 4 is 41.3 Å². The molecule has 12 heteroatoms. The summed E-state index contributed by atoms with van der Waals surface area (Å²) in [4.78, 5) is 51.3. The average molecular weight is 500 g/mol. The predicted molar refractivity (Wildman–Crippen MR) is 126 cm³/mol. The Morgan fingerprint density at radius 2 is 1.92 bits per heavy atom. The molecule has 3 heterocycles. The van der Waals surface area contributed by atoms with E-state index in [9.17, 15) is 23.6 Å². The maximum atomic E-state index is 15.0. The molecule has 2 aromatic rings. The summed E-state index contributed by atoms with van der Waals surface area (Å²) in [6.07, 6.45) is 1.59. The number of ether oxygens (including phenoxy) is 1. The van der Waals surface area contributed by atoms with Crippen molar-refractivity contribution in [2.45, 2.75) is 13.0 Å². The van der Waals surface area contributed by atoms with Crippen molar-refractivity contribution in [1.82, 2.24) is 10.2 Å². The van der Waals surface area contributed by atoms with E-state index in [1.165, 1.54) is 42.2 Å². The molecule has 0 spiro atoms. The normalized spacial score (nSPS) is 18.0. The SMILES string of the molecule is CC(=O)NCC1CN(c2ccc(N3CCN(C(=O)C=Cc4ccc(C(=O)O)o4)CC3)c(F)c2)C(=O)O1. The molecule has 0 radical (unpaired) electrons. The molecule has 36 heavy (non-hydrogen) atoms. The molecule has 0 saturated carbocycles. The summed E-state index contributed by atoms with van der Waals surface area (Å²) in [5.41, 5.74) is 0.718. The molecule has 1 unspecified atom stereocenters. The number of amides is 3. The number of carboxylic acid groups (broad SMARTS) is 1. The molecule has 2 aliphatic heterocycles. The molecule has 0 bridgehead atoms. The van der Waals surface area contributed by atoms with Crippen LogP contribution < -0.4 is 15.1 Å². The Hall–Kier alpha value is -4.35. The zero-order valence-corrected chi connectivity index (χ0v) is 19.5. The monoisotopic (exact) mass is 500 g/mol. The van der Waals surface area contributed by atoms with Gasteiger partial charge in [0.25, 0.3) is 0 Å². The quantitative estimate of drug-likeness (QED) is 0.552. The Morgan fingerprint density at radius 3 is 2.56 bits per heavy atom. The molecule has 3 amide bonds. The number of anilines is 2. The lowest BCUT2D eigenvalue weighted by molar-refractivity contribution is -0.126. The predicted octanol–water partition coefficient (Wildman–Crippen LogP) is 1.94. The van der Waals surface area contributed by atoms with Crippen LogP contribution in [0.2, 0.25) is 0 Å². The number of rotatable bonds is 7. The van der Waals surface area contributed by atoms with E-state index in [1.807, 2.05) is 4.90 Å². The van der Waals surface area contributed by atoms with Crippen LogP contribution in [0.1, 0.15) is 23.2 Å². The Kier molecular flexibility index (Phi) is 7.23. The van der Waals surface area contributed by atoms with E-state index < -0.39 is 24.0 Å². The minimum atomic E-state index is -1.19. The topological polar surface area (TPSA) is 133 Å². The molecule has 1 atom stereocenters. The van der Waals surface area contributed by atoms with Crippen LogP contribution in [0, 0.1) is 5.82 Å². The molecular weight excluding hydrogens is 475 g/mol. The van der Waals surface area contributed by atoms with E-state index in [0.717, 1.165) is 0 Å². The Balaban J connectivity index is 1.32. The first kappa shape index (κ1) is 24.8. The van der Waals surface area contributed by atoms with Crippen molar-refractivity contribution in [2.24, 2.45) is 0 Å². The van der Waals surface area contributed by atoms with Crippen LogP contribution >= 0.6 is 0 Å². The largest absolute Gasteiger partial charge is 0.475 e. The molecule has 2 N–H and O–H groups in total. The summed E-state index contributed by atoms with van der Waals surface area (Å²) in [6.45, 7) is 3.30. The lowest BCUT2D eigenvalue weighted by Crippen LogP contribution is -2.48. The highest BCUT2D eigenvalue weighted by Crippen LogP contribution is 2.28. The minimum Gasteiger partial charge on any atom is -0.475 e. The molecule has 11 nitrogen and oxygen atoms in total. The van der Waals surface area contributed by atoms with Crippen molar-refractivity contribution in [1.29, 1.82) is 0 Å². The van der Waals surface area contributed by atoms with Gasteiger partial charge in [-0.25, -0.2) is 14.0 Å². The number of benzene rings is 1. The van der Waals surface area contributed by atoms with Crippen LogP contribution in [0.5, 0.6) is 0 Å². The summed E-state index contributed by atoms with van der Waals surface area (Å²) >= 11 is 0. The number of carbonyl (C=O) groups is 4. The van der Waals surface area contributed by atoms with Gasteiger partial charge in [-0.15, -0.1) is 0 Å². The standard InChI is InChI=1S/C24H25FN4O7/c1-15(30)26-13-18-14-29(24(34)36-18)16-2-5-20(19(25)12-16)27-8-10-28(11-9-27)22(31)7-4-17-3-6-21(35-17)23(32)33/h2-7,12,18H,8-11,13-14H2,1H3,(H,26,30)(H,32,33). The highest BCUT2D eigenvalue weighted by Gasteiger charge is 2.33. The smallest absolute Gasteiger partial charge is 0.414 e. The highest BCUT2D eigenvalue weighted by molar-refractivity contribution is 5.92. The molecule has 1 aromatic heterocycles. The first-order valence-corrected chi connectivity index (χ1v) is 11.3. The van der Waals surface area contributed by atoms with Crippen LogP contribution in [-0.4, -0.2) is 79.3 Å². The summed E-state index contributed by atoms with van der Waals surface area (Å²) in [5.74, 6) is -2.15. The maximum absolute atomic E-state index is 15.0. The number of nitrogens with zero attached hydrogens (tertiary/aromatic N) is 3. The number of hydrogen-bond donors (Lipinski definition) is 2. The van der Waals surface area contributed by atoms with Gasteiger partial charge in [0, 0.05) is 39.2 Å². The number of furan rings is 1. The van der Waals surface area contributed by atoms with E-state index in [2.05, 4.69) is 5.32 Å². The second kappa shape index (κ2) is 10.5. The molecule has 2 aliphatic rings. The fourth-order valence-corrected chi connectivity index (χ4v) is 4.00. The van der Waals surface area contributed by atoms with Crippen molar-refractivity contribution < 1.29 is 37.8 Å². The van der Waals surface area contributed by atoms with Crippen LogP contribution in [0.15, 0.2) is 40.8 Å².